The zero-order chi connectivity index (χ0) is 12.4. The fourth-order valence-electron chi connectivity index (χ4n) is 2.79. The Kier molecular flexibility index (Phi) is 3.05. The molecule has 0 bridgehead atoms. The molecule has 0 saturated heterocycles. The van der Waals surface area contributed by atoms with Gasteiger partial charge in [0.05, 0.1) is 11.2 Å². The van der Waals surface area contributed by atoms with Gasteiger partial charge in [0.15, 0.2) is 0 Å². The Hall–Kier alpha value is -1.77. The molecule has 3 nitrogen and oxygen atoms in total. The molecule has 1 aliphatic carbocycles. The standard InChI is InChI=1S/C15H19N3/c16-13-8-9-14(12-7-4-10-17-15(12)13)18-11-5-2-1-3-6-11/h4,7-11,18H,1-3,5-6,16H2. The minimum absolute atomic E-state index is 0.603. The van der Waals surface area contributed by atoms with Crippen LogP contribution in [-0.2, 0) is 0 Å². The molecule has 0 radical (unpaired) electrons. The van der Waals surface area contributed by atoms with Crippen LogP contribution < -0.4 is 11.1 Å². The number of anilines is 2. The third-order valence-corrected chi connectivity index (χ3v) is 3.77. The van der Waals surface area contributed by atoms with E-state index in [1.165, 1.54) is 37.8 Å². The number of hydrogen-bond acceptors (Lipinski definition) is 3. The molecule has 3 rings (SSSR count). The first-order chi connectivity index (χ1) is 8.84. The zero-order valence-electron chi connectivity index (χ0n) is 10.5. The predicted molar refractivity (Wildman–Crippen MR) is 76.7 cm³/mol. The Bertz CT molecular complexity index is 544. The van der Waals surface area contributed by atoms with Crippen LogP contribution in [0.1, 0.15) is 32.1 Å². The lowest BCUT2D eigenvalue weighted by atomic mass is 9.95. The highest BCUT2D eigenvalue weighted by Gasteiger charge is 2.14. The molecule has 0 atom stereocenters. The topological polar surface area (TPSA) is 50.9 Å². The predicted octanol–water partition coefficient (Wildman–Crippen LogP) is 3.56. The van der Waals surface area contributed by atoms with E-state index in [9.17, 15) is 0 Å². The second kappa shape index (κ2) is 4.84. The van der Waals surface area contributed by atoms with Crippen molar-refractivity contribution in [1.29, 1.82) is 0 Å². The highest BCUT2D eigenvalue weighted by Crippen LogP contribution is 2.29. The second-order valence-electron chi connectivity index (χ2n) is 5.08. The Morgan fingerprint density at radius 1 is 1.11 bits per heavy atom. The lowest BCUT2D eigenvalue weighted by Gasteiger charge is -2.24. The van der Waals surface area contributed by atoms with E-state index in [1.54, 1.807) is 6.20 Å². The van der Waals surface area contributed by atoms with E-state index in [1.807, 2.05) is 12.1 Å². The maximum atomic E-state index is 5.97. The fourth-order valence-corrected chi connectivity index (χ4v) is 2.79. The molecule has 1 aromatic carbocycles. The first-order valence-electron chi connectivity index (χ1n) is 6.74. The van der Waals surface area contributed by atoms with Gasteiger partial charge in [0.1, 0.15) is 0 Å². The Balaban J connectivity index is 1.94. The molecular weight excluding hydrogens is 222 g/mol. The van der Waals surface area contributed by atoms with Crippen LogP contribution in [0.3, 0.4) is 0 Å². The third-order valence-electron chi connectivity index (χ3n) is 3.77. The SMILES string of the molecule is Nc1ccc(NC2CCCCC2)c2cccnc12. The van der Waals surface area contributed by atoms with Gasteiger partial charge >= 0.3 is 0 Å². The number of nitrogens with zero attached hydrogens (tertiary/aromatic N) is 1. The Labute approximate surface area is 107 Å². The normalized spacial score (nSPS) is 16.9. The molecule has 18 heavy (non-hydrogen) atoms. The molecule has 0 unspecified atom stereocenters. The van der Waals surface area contributed by atoms with Crippen molar-refractivity contribution in [2.24, 2.45) is 0 Å². The van der Waals surface area contributed by atoms with Gasteiger partial charge in [-0.1, -0.05) is 19.3 Å². The van der Waals surface area contributed by atoms with E-state index in [0.717, 1.165) is 16.6 Å². The molecule has 0 aliphatic heterocycles. The van der Waals surface area contributed by atoms with Gasteiger partial charge in [-0.3, -0.25) is 4.98 Å². The number of nitrogens with two attached hydrogens (primary N) is 1. The van der Waals surface area contributed by atoms with E-state index < -0.39 is 0 Å². The summed E-state index contributed by atoms with van der Waals surface area (Å²) in [5.74, 6) is 0. The molecule has 3 N–H and O–H groups in total. The number of nitrogens with one attached hydrogen (secondary N) is 1. The highest BCUT2D eigenvalue weighted by molar-refractivity contribution is 5.98. The number of nitrogen functional groups attached to an aromatic ring is 1. The average molecular weight is 241 g/mol. The summed E-state index contributed by atoms with van der Waals surface area (Å²) < 4.78 is 0. The lowest BCUT2D eigenvalue weighted by Crippen LogP contribution is -2.22. The summed E-state index contributed by atoms with van der Waals surface area (Å²) in [5, 5.41) is 4.78. The van der Waals surface area contributed by atoms with Crippen LogP contribution >= 0.6 is 0 Å². The lowest BCUT2D eigenvalue weighted by molar-refractivity contribution is 0.463. The molecule has 1 saturated carbocycles. The van der Waals surface area contributed by atoms with Crippen LogP contribution in [0.25, 0.3) is 10.9 Å². The van der Waals surface area contributed by atoms with Gasteiger partial charge in [0, 0.05) is 23.3 Å². The molecule has 1 aromatic heterocycles. The van der Waals surface area contributed by atoms with Gasteiger partial charge in [-0.25, -0.2) is 0 Å². The Morgan fingerprint density at radius 2 is 1.94 bits per heavy atom. The summed E-state index contributed by atoms with van der Waals surface area (Å²) in [6, 6.07) is 8.68. The first kappa shape index (κ1) is 11.3. The highest BCUT2D eigenvalue weighted by atomic mass is 14.9. The summed E-state index contributed by atoms with van der Waals surface area (Å²) >= 11 is 0. The van der Waals surface area contributed by atoms with Gasteiger partial charge in [-0.2, -0.15) is 0 Å². The summed E-state index contributed by atoms with van der Waals surface area (Å²) in [6.45, 7) is 0. The number of pyridine rings is 1. The van der Waals surface area contributed by atoms with Crippen LogP contribution in [0.5, 0.6) is 0 Å². The average Bonchev–Trinajstić information content (AvgIpc) is 2.44. The third kappa shape index (κ3) is 2.13. The molecule has 2 aromatic rings. The van der Waals surface area contributed by atoms with Crippen molar-refractivity contribution < 1.29 is 0 Å². The molecule has 94 valence electrons. The molecule has 1 fully saturated rings. The van der Waals surface area contributed by atoms with E-state index in [0.29, 0.717) is 6.04 Å². The zero-order valence-corrected chi connectivity index (χ0v) is 10.5. The number of fused-ring (bicyclic) bond motifs is 1. The van der Waals surface area contributed by atoms with Crippen LogP contribution in [0.15, 0.2) is 30.5 Å². The van der Waals surface area contributed by atoms with Crippen LogP contribution in [0.4, 0.5) is 11.4 Å². The number of hydrogen-bond donors (Lipinski definition) is 2. The van der Waals surface area contributed by atoms with Crippen molar-refractivity contribution in [3.63, 3.8) is 0 Å². The minimum atomic E-state index is 0.603. The number of aromatic nitrogens is 1. The van der Waals surface area contributed by atoms with E-state index in [-0.39, 0.29) is 0 Å². The minimum Gasteiger partial charge on any atom is -0.397 e. The van der Waals surface area contributed by atoms with Crippen LogP contribution in [-0.4, -0.2) is 11.0 Å². The maximum absolute atomic E-state index is 5.97. The molecule has 1 aliphatic rings. The molecule has 0 spiro atoms. The number of rotatable bonds is 2. The van der Waals surface area contributed by atoms with Crippen molar-refractivity contribution in [2.75, 3.05) is 11.1 Å². The van der Waals surface area contributed by atoms with Gasteiger partial charge in [0.2, 0.25) is 0 Å². The summed E-state index contributed by atoms with van der Waals surface area (Å²) in [7, 11) is 0. The monoisotopic (exact) mass is 241 g/mol. The van der Waals surface area contributed by atoms with Crippen LogP contribution in [0, 0.1) is 0 Å². The second-order valence-corrected chi connectivity index (χ2v) is 5.08. The van der Waals surface area contributed by atoms with Gasteiger partial charge in [-0.15, -0.1) is 0 Å². The van der Waals surface area contributed by atoms with Crippen molar-refractivity contribution in [3.05, 3.63) is 30.5 Å². The molecule has 3 heteroatoms. The maximum Gasteiger partial charge on any atom is 0.0951 e. The molecule has 0 amide bonds. The van der Waals surface area contributed by atoms with Crippen molar-refractivity contribution in [2.45, 2.75) is 38.1 Å². The van der Waals surface area contributed by atoms with E-state index in [2.05, 4.69) is 22.4 Å². The van der Waals surface area contributed by atoms with E-state index in [4.69, 9.17) is 5.73 Å². The van der Waals surface area contributed by atoms with Crippen molar-refractivity contribution in [1.82, 2.24) is 4.98 Å². The molecule has 1 heterocycles. The van der Waals surface area contributed by atoms with Crippen LogP contribution in [0.2, 0.25) is 0 Å². The van der Waals surface area contributed by atoms with E-state index >= 15 is 0 Å². The summed E-state index contributed by atoms with van der Waals surface area (Å²) in [5.41, 5.74) is 8.78. The van der Waals surface area contributed by atoms with Crippen molar-refractivity contribution in [3.8, 4) is 0 Å². The van der Waals surface area contributed by atoms with Gasteiger partial charge in [-0.05, 0) is 37.1 Å². The Morgan fingerprint density at radius 3 is 2.78 bits per heavy atom. The van der Waals surface area contributed by atoms with Crippen molar-refractivity contribution >= 4 is 22.3 Å². The largest absolute Gasteiger partial charge is 0.397 e. The fraction of sp³-hybridized carbons (Fsp3) is 0.400. The number of benzene rings is 1. The summed E-state index contributed by atoms with van der Waals surface area (Å²) in [6.07, 6.45) is 8.38. The quantitative estimate of drug-likeness (QED) is 0.790. The summed E-state index contributed by atoms with van der Waals surface area (Å²) in [4.78, 5) is 4.37. The smallest absolute Gasteiger partial charge is 0.0951 e. The first-order valence-corrected chi connectivity index (χ1v) is 6.74. The van der Waals surface area contributed by atoms with Gasteiger partial charge in [0.25, 0.3) is 0 Å². The van der Waals surface area contributed by atoms with Gasteiger partial charge < -0.3 is 11.1 Å². The molecular formula is C15H19N3.